The SMILES string of the molecule is CCNCc1coc(N2CCN(CC3CC3)CC2)n1. The summed E-state index contributed by atoms with van der Waals surface area (Å²) >= 11 is 0. The van der Waals surface area contributed by atoms with Crippen molar-refractivity contribution in [2.24, 2.45) is 5.92 Å². The van der Waals surface area contributed by atoms with Crippen molar-refractivity contribution >= 4 is 6.01 Å². The summed E-state index contributed by atoms with van der Waals surface area (Å²) in [5.41, 5.74) is 0.997. The van der Waals surface area contributed by atoms with Crippen LogP contribution in [0.2, 0.25) is 0 Å². The lowest BCUT2D eigenvalue weighted by atomic mass is 10.3. The fourth-order valence-corrected chi connectivity index (χ4v) is 2.56. The van der Waals surface area contributed by atoms with Gasteiger partial charge in [0.25, 0.3) is 6.01 Å². The molecular formula is C14H24N4O. The average molecular weight is 264 g/mol. The Morgan fingerprint density at radius 1 is 1.32 bits per heavy atom. The number of nitrogens with one attached hydrogen (secondary N) is 1. The summed E-state index contributed by atoms with van der Waals surface area (Å²) in [6, 6.07) is 0.791. The fourth-order valence-electron chi connectivity index (χ4n) is 2.56. The Balaban J connectivity index is 1.48. The molecule has 0 atom stereocenters. The van der Waals surface area contributed by atoms with Crippen LogP contribution >= 0.6 is 0 Å². The van der Waals surface area contributed by atoms with Crippen molar-refractivity contribution in [3.63, 3.8) is 0 Å². The van der Waals surface area contributed by atoms with E-state index in [2.05, 4.69) is 27.0 Å². The van der Waals surface area contributed by atoms with Gasteiger partial charge in [-0.05, 0) is 25.3 Å². The summed E-state index contributed by atoms with van der Waals surface area (Å²) in [5, 5.41) is 3.27. The van der Waals surface area contributed by atoms with Crippen LogP contribution in [-0.2, 0) is 6.54 Å². The van der Waals surface area contributed by atoms with Crippen molar-refractivity contribution in [2.75, 3.05) is 44.2 Å². The van der Waals surface area contributed by atoms with E-state index < -0.39 is 0 Å². The molecule has 19 heavy (non-hydrogen) atoms. The third kappa shape index (κ3) is 3.48. The predicted molar refractivity (Wildman–Crippen MR) is 75.3 cm³/mol. The second kappa shape index (κ2) is 5.92. The molecule has 5 nitrogen and oxygen atoms in total. The first-order valence-electron chi connectivity index (χ1n) is 7.47. The molecule has 1 saturated carbocycles. The van der Waals surface area contributed by atoms with Crippen LogP contribution in [0.4, 0.5) is 6.01 Å². The minimum absolute atomic E-state index is 0.791. The topological polar surface area (TPSA) is 44.5 Å². The van der Waals surface area contributed by atoms with Gasteiger partial charge >= 0.3 is 0 Å². The molecule has 0 spiro atoms. The van der Waals surface area contributed by atoms with Crippen molar-refractivity contribution in [1.82, 2.24) is 15.2 Å². The van der Waals surface area contributed by atoms with Gasteiger partial charge in [0.2, 0.25) is 0 Å². The minimum Gasteiger partial charge on any atom is -0.432 e. The van der Waals surface area contributed by atoms with Crippen LogP contribution < -0.4 is 10.2 Å². The maximum absolute atomic E-state index is 5.59. The van der Waals surface area contributed by atoms with Crippen LogP contribution in [0.3, 0.4) is 0 Å². The molecule has 2 aliphatic rings. The number of hydrogen-bond acceptors (Lipinski definition) is 5. The van der Waals surface area contributed by atoms with Crippen LogP contribution in [0.1, 0.15) is 25.5 Å². The second-order valence-electron chi connectivity index (χ2n) is 5.63. The van der Waals surface area contributed by atoms with E-state index >= 15 is 0 Å². The van der Waals surface area contributed by atoms with Gasteiger partial charge in [-0.25, -0.2) is 0 Å². The highest BCUT2D eigenvalue weighted by Crippen LogP contribution is 2.30. The molecule has 1 aromatic rings. The summed E-state index contributed by atoms with van der Waals surface area (Å²) < 4.78 is 5.59. The maximum atomic E-state index is 5.59. The lowest BCUT2D eigenvalue weighted by Crippen LogP contribution is -2.47. The Hall–Kier alpha value is -1.07. The molecule has 0 aromatic carbocycles. The Bertz CT molecular complexity index is 394. The highest BCUT2D eigenvalue weighted by Gasteiger charge is 2.27. The third-order valence-corrected chi connectivity index (χ3v) is 3.95. The molecule has 1 aliphatic carbocycles. The largest absolute Gasteiger partial charge is 0.432 e. The first kappa shape index (κ1) is 12.9. The number of oxazole rings is 1. The molecule has 2 fully saturated rings. The molecule has 0 radical (unpaired) electrons. The lowest BCUT2D eigenvalue weighted by molar-refractivity contribution is 0.243. The number of piperazine rings is 1. The van der Waals surface area contributed by atoms with Gasteiger partial charge in [-0.2, -0.15) is 4.98 Å². The van der Waals surface area contributed by atoms with E-state index in [1.807, 2.05) is 0 Å². The summed E-state index contributed by atoms with van der Waals surface area (Å²) in [6.45, 7) is 9.50. The van der Waals surface area contributed by atoms with Crippen molar-refractivity contribution in [2.45, 2.75) is 26.3 Å². The molecule has 0 bridgehead atoms. The van der Waals surface area contributed by atoms with Crippen molar-refractivity contribution in [3.8, 4) is 0 Å². The highest BCUT2D eigenvalue weighted by atomic mass is 16.4. The van der Waals surface area contributed by atoms with Gasteiger partial charge in [0.1, 0.15) is 6.26 Å². The summed E-state index contributed by atoms with van der Waals surface area (Å²) in [5.74, 6) is 0.986. The molecule has 3 rings (SSSR count). The van der Waals surface area contributed by atoms with Gasteiger partial charge in [0, 0.05) is 39.3 Å². The quantitative estimate of drug-likeness (QED) is 0.839. The number of aromatic nitrogens is 1. The fraction of sp³-hybridized carbons (Fsp3) is 0.786. The van der Waals surface area contributed by atoms with E-state index in [4.69, 9.17) is 4.42 Å². The van der Waals surface area contributed by atoms with Gasteiger partial charge in [-0.1, -0.05) is 6.92 Å². The molecule has 0 amide bonds. The van der Waals surface area contributed by atoms with Gasteiger partial charge in [0.15, 0.2) is 0 Å². The summed E-state index contributed by atoms with van der Waals surface area (Å²) in [7, 11) is 0. The van der Waals surface area contributed by atoms with Crippen molar-refractivity contribution in [1.29, 1.82) is 0 Å². The van der Waals surface area contributed by atoms with Crippen LogP contribution in [-0.4, -0.2) is 49.2 Å². The zero-order chi connectivity index (χ0) is 13.1. The molecule has 1 aromatic heterocycles. The van der Waals surface area contributed by atoms with E-state index in [9.17, 15) is 0 Å². The van der Waals surface area contributed by atoms with E-state index in [-0.39, 0.29) is 0 Å². The van der Waals surface area contributed by atoms with E-state index in [0.717, 1.165) is 56.9 Å². The third-order valence-electron chi connectivity index (χ3n) is 3.95. The zero-order valence-corrected chi connectivity index (χ0v) is 11.8. The highest BCUT2D eigenvalue weighted by molar-refractivity contribution is 5.28. The monoisotopic (exact) mass is 264 g/mol. The standard InChI is InChI=1S/C14H24N4O/c1-2-15-9-13-11-19-14(16-13)18-7-5-17(6-8-18)10-12-3-4-12/h11-12,15H,2-10H2,1H3. The zero-order valence-electron chi connectivity index (χ0n) is 11.8. The molecular weight excluding hydrogens is 240 g/mol. The van der Waals surface area contributed by atoms with Gasteiger partial charge in [-0.3, -0.25) is 4.90 Å². The van der Waals surface area contributed by atoms with Gasteiger partial charge in [-0.15, -0.1) is 0 Å². The van der Waals surface area contributed by atoms with Crippen LogP contribution in [0, 0.1) is 5.92 Å². The van der Waals surface area contributed by atoms with E-state index in [0.29, 0.717) is 0 Å². The van der Waals surface area contributed by atoms with E-state index in [1.54, 1.807) is 6.26 Å². The van der Waals surface area contributed by atoms with Gasteiger partial charge in [0.05, 0.1) is 5.69 Å². The Morgan fingerprint density at radius 2 is 2.11 bits per heavy atom. The van der Waals surface area contributed by atoms with Crippen molar-refractivity contribution in [3.05, 3.63) is 12.0 Å². The molecule has 106 valence electrons. The number of rotatable bonds is 6. The Morgan fingerprint density at radius 3 is 2.79 bits per heavy atom. The molecule has 0 unspecified atom stereocenters. The molecule has 5 heteroatoms. The number of nitrogens with zero attached hydrogens (tertiary/aromatic N) is 3. The van der Waals surface area contributed by atoms with Gasteiger partial charge < -0.3 is 14.6 Å². The van der Waals surface area contributed by atoms with E-state index in [1.165, 1.54) is 19.4 Å². The lowest BCUT2D eigenvalue weighted by Gasteiger charge is -2.33. The van der Waals surface area contributed by atoms with Crippen LogP contribution in [0.15, 0.2) is 10.7 Å². The normalized spacial score (nSPS) is 21.0. The second-order valence-corrected chi connectivity index (χ2v) is 5.63. The maximum Gasteiger partial charge on any atom is 0.297 e. The molecule has 1 N–H and O–H groups in total. The Kier molecular flexibility index (Phi) is 4.03. The summed E-state index contributed by atoms with van der Waals surface area (Å²) in [4.78, 5) is 9.39. The smallest absolute Gasteiger partial charge is 0.297 e. The summed E-state index contributed by atoms with van der Waals surface area (Å²) in [6.07, 6.45) is 4.65. The first-order valence-corrected chi connectivity index (χ1v) is 7.47. The van der Waals surface area contributed by atoms with Crippen LogP contribution in [0.5, 0.6) is 0 Å². The molecule has 1 aliphatic heterocycles. The number of hydrogen-bond donors (Lipinski definition) is 1. The first-order chi connectivity index (χ1) is 9.35. The molecule has 1 saturated heterocycles. The Labute approximate surface area is 115 Å². The molecule has 2 heterocycles. The average Bonchev–Trinajstić information content (AvgIpc) is 3.13. The predicted octanol–water partition coefficient (Wildman–Crippen LogP) is 1.32. The van der Waals surface area contributed by atoms with Crippen molar-refractivity contribution < 1.29 is 4.42 Å². The minimum atomic E-state index is 0.791. The number of anilines is 1. The van der Waals surface area contributed by atoms with Crippen LogP contribution in [0.25, 0.3) is 0 Å².